The standard InChI is InChI=1S/C29H33Cl2N3O5S/c1-5-25(29(36)32-20(2)3)33(18-21-11-9-10-14-24(21)31)28(35)19-34(26-17-22(30)15-16-27(26)39-4)40(37,38)23-12-7-6-8-13-23/h6-17,20,25H,5,18-19H2,1-4H3,(H,32,36)/t25-/m1/s1. The van der Waals surface area contributed by atoms with Crippen molar-refractivity contribution in [3.8, 4) is 5.75 Å². The van der Waals surface area contributed by atoms with Crippen LogP contribution in [0.4, 0.5) is 5.69 Å². The molecule has 40 heavy (non-hydrogen) atoms. The lowest BCUT2D eigenvalue weighted by molar-refractivity contribution is -0.140. The smallest absolute Gasteiger partial charge is 0.264 e. The summed E-state index contributed by atoms with van der Waals surface area (Å²) in [6, 6.07) is 18.2. The lowest BCUT2D eigenvalue weighted by Crippen LogP contribution is -2.53. The number of amides is 2. The van der Waals surface area contributed by atoms with Gasteiger partial charge >= 0.3 is 0 Å². The number of hydrogen-bond acceptors (Lipinski definition) is 5. The van der Waals surface area contributed by atoms with Crippen LogP contribution in [0.25, 0.3) is 0 Å². The number of sulfonamides is 1. The molecule has 3 aromatic rings. The number of nitrogens with zero attached hydrogens (tertiary/aromatic N) is 2. The van der Waals surface area contributed by atoms with E-state index in [1.54, 1.807) is 55.5 Å². The maximum Gasteiger partial charge on any atom is 0.264 e. The summed E-state index contributed by atoms with van der Waals surface area (Å²) in [6.07, 6.45) is 0.292. The van der Waals surface area contributed by atoms with Crippen LogP contribution < -0.4 is 14.4 Å². The third-order valence-corrected chi connectivity index (χ3v) is 8.51. The van der Waals surface area contributed by atoms with Gasteiger partial charge in [0.15, 0.2) is 0 Å². The Morgan fingerprint density at radius 1 is 0.975 bits per heavy atom. The molecule has 0 aromatic heterocycles. The van der Waals surface area contributed by atoms with Crippen molar-refractivity contribution in [2.45, 2.75) is 50.7 Å². The molecule has 0 heterocycles. The summed E-state index contributed by atoms with van der Waals surface area (Å²) >= 11 is 12.7. The van der Waals surface area contributed by atoms with Gasteiger partial charge in [-0.2, -0.15) is 0 Å². The van der Waals surface area contributed by atoms with Crippen molar-refractivity contribution in [3.05, 3.63) is 88.4 Å². The first-order valence-corrected chi connectivity index (χ1v) is 14.9. The first kappa shape index (κ1) is 31.3. The maximum atomic E-state index is 14.1. The average Bonchev–Trinajstić information content (AvgIpc) is 2.92. The van der Waals surface area contributed by atoms with E-state index >= 15 is 0 Å². The molecule has 3 aromatic carbocycles. The van der Waals surface area contributed by atoms with E-state index in [9.17, 15) is 18.0 Å². The molecule has 0 radical (unpaired) electrons. The molecule has 2 amide bonds. The molecule has 0 saturated carbocycles. The van der Waals surface area contributed by atoms with Gasteiger partial charge in [0, 0.05) is 22.6 Å². The minimum absolute atomic E-state index is 0.00552. The van der Waals surface area contributed by atoms with Gasteiger partial charge in [-0.25, -0.2) is 8.42 Å². The van der Waals surface area contributed by atoms with Gasteiger partial charge in [-0.15, -0.1) is 0 Å². The van der Waals surface area contributed by atoms with Crippen LogP contribution in [0, 0.1) is 0 Å². The molecule has 11 heteroatoms. The largest absolute Gasteiger partial charge is 0.495 e. The topological polar surface area (TPSA) is 96.0 Å². The predicted octanol–water partition coefficient (Wildman–Crippen LogP) is 5.53. The molecule has 0 bridgehead atoms. The second kappa shape index (κ2) is 13.9. The van der Waals surface area contributed by atoms with Crippen LogP contribution in [-0.2, 0) is 26.2 Å². The predicted molar refractivity (Wildman–Crippen MR) is 158 cm³/mol. The Morgan fingerprint density at radius 3 is 2.23 bits per heavy atom. The Labute approximate surface area is 245 Å². The fourth-order valence-corrected chi connectivity index (χ4v) is 6.00. The van der Waals surface area contributed by atoms with E-state index in [0.717, 1.165) is 4.31 Å². The molecule has 0 fully saturated rings. The Bertz CT molecular complexity index is 1430. The van der Waals surface area contributed by atoms with Crippen molar-refractivity contribution in [2.24, 2.45) is 0 Å². The van der Waals surface area contributed by atoms with Crippen LogP contribution in [0.5, 0.6) is 5.75 Å². The zero-order valence-corrected chi connectivity index (χ0v) is 25.1. The highest BCUT2D eigenvalue weighted by Gasteiger charge is 2.35. The minimum atomic E-state index is -4.26. The van der Waals surface area contributed by atoms with Gasteiger partial charge in [0.25, 0.3) is 10.0 Å². The fraction of sp³-hybridized carbons (Fsp3) is 0.310. The third kappa shape index (κ3) is 7.47. The summed E-state index contributed by atoms with van der Waals surface area (Å²) in [5.74, 6) is -0.748. The lowest BCUT2D eigenvalue weighted by atomic mass is 10.1. The lowest BCUT2D eigenvalue weighted by Gasteiger charge is -2.34. The van der Waals surface area contributed by atoms with Crippen LogP contribution in [0.1, 0.15) is 32.8 Å². The molecule has 0 spiro atoms. The summed E-state index contributed by atoms with van der Waals surface area (Å²) in [4.78, 5) is 28.7. The van der Waals surface area contributed by atoms with E-state index in [4.69, 9.17) is 27.9 Å². The Balaban J connectivity index is 2.13. The molecule has 0 aliphatic heterocycles. The van der Waals surface area contributed by atoms with Crippen LogP contribution >= 0.6 is 23.2 Å². The van der Waals surface area contributed by atoms with Crippen molar-refractivity contribution in [1.82, 2.24) is 10.2 Å². The maximum absolute atomic E-state index is 14.1. The van der Waals surface area contributed by atoms with E-state index < -0.39 is 28.5 Å². The number of carbonyl (C=O) groups is 2. The SMILES string of the molecule is CC[C@H](C(=O)NC(C)C)N(Cc1ccccc1Cl)C(=O)CN(c1cc(Cl)ccc1OC)S(=O)(=O)c1ccccc1. The second-order valence-corrected chi connectivity index (χ2v) is 12.0. The molecule has 0 saturated heterocycles. The van der Waals surface area contributed by atoms with Crippen LogP contribution in [-0.4, -0.2) is 50.9 Å². The van der Waals surface area contributed by atoms with Gasteiger partial charge in [-0.1, -0.05) is 66.5 Å². The summed E-state index contributed by atoms with van der Waals surface area (Å²) in [5.41, 5.74) is 0.704. The Hall–Kier alpha value is -3.27. The summed E-state index contributed by atoms with van der Waals surface area (Å²) < 4.78 is 34.3. The molecule has 1 atom stereocenters. The molecule has 0 unspecified atom stereocenters. The number of anilines is 1. The molecular weight excluding hydrogens is 573 g/mol. The van der Waals surface area contributed by atoms with E-state index in [1.165, 1.54) is 36.3 Å². The van der Waals surface area contributed by atoms with Crippen molar-refractivity contribution in [2.75, 3.05) is 18.0 Å². The zero-order valence-electron chi connectivity index (χ0n) is 22.8. The highest BCUT2D eigenvalue weighted by molar-refractivity contribution is 7.92. The molecule has 8 nitrogen and oxygen atoms in total. The number of halogens is 2. The molecule has 1 N–H and O–H groups in total. The van der Waals surface area contributed by atoms with Crippen molar-refractivity contribution < 1.29 is 22.7 Å². The van der Waals surface area contributed by atoms with E-state index in [2.05, 4.69) is 5.32 Å². The van der Waals surface area contributed by atoms with E-state index in [0.29, 0.717) is 17.0 Å². The fourth-order valence-electron chi connectivity index (χ4n) is 4.20. The summed E-state index contributed by atoms with van der Waals surface area (Å²) in [7, 11) is -2.87. The molecular formula is C29H33Cl2N3O5S. The normalized spacial score (nSPS) is 12.1. The highest BCUT2D eigenvalue weighted by atomic mass is 35.5. The molecule has 0 aliphatic carbocycles. The van der Waals surface area contributed by atoms with Gasteiger partial charge < -0.3 is 15.0 Å². The van der Waals surface area contributed by atoms with Crippen LogP contribution in [0.15, 0.2) is 77.7 Å². The quantitative estimate of drug-likeness (QED) is 0.293. The number of nitrogens with one attached hydrogen (secondary N) is 1. The average molecular weight is 607 g/mol. The first-order chi connectivity index (χ1) is 19.0. The van der Waals surface area contributed by atoms with Crippen LogP contribution in [0.3, 0.4) is 0 Å². The molecule has 214 valence electrons. The highest BCUT2D eigenvalue weighted by Crippen LogP contribution is 2.35. The van der Waals surface area contributed by atoms with E-state index in [1.807, 2.05) is 13.8 Å². The molecule has 0 aliphatic rings. The summed E-state index contributed by atoms with van der Waals surface area (Å²) in [6.45, 7) is 4.81. The van der Waals surface area contributed by atoms with Gasteiger partial charge in [0.1, 0.15) is 18.3 Å². The summed E-state index contributed by atoms with van der Waals surface area (Å²) in [5, 5.41) is 3.54. The number of benzene rings is 3. The zero-order chi connectivity index (χ0) is 29.4. The molecule has 3 rings (SSSR count). The number of hydrogen-bond donors (Lipinski definition) is 1. The van der Waals surface area contributed by atoms with Crippen molar-refractivity contribution in [1.29, 1.82) is 0 Å². The number of rotatable bonds is 12. The number of carbonyl (C=O) groups excluding carboxylic acids is 2. The second-order valence-electron chi connectivity index (χ2n) is 9.34. The van der Waals surface area contributed by atoms with Gasteiger partial charge in [0.05, 0.1) is 17.7 Å². The monoisotopic (exact) mass is 605 g/mol. The van der Waals surface area contributed by atoms with Gasteiger partial charge in [-0.3, -0.25) is 13.9 Å². The van der Waals surface area contributed by atoms with Gasteiger partial charge in [0.2, 0.25) is 11.8 Å². The van der Waals surface area contributed by atoms with Crippen molar-refractivity contribution in [3.63, 3.8) is 0 Å². The number of ether oxygens (including phenoxy) is 1. The third-order valence-electron chi connectivity index (χ3n) is 6.14. The first-order valence-electron chi connectivity index (χ1n) is 12.7. The van der Waals surface area contributed by atoms with Crippen LogP contribution in [0.2, 0.25) is 10.0 Å². The van der Waals surface area contributed by atoms with Crippen molar-refractivity contribution >= 4 is 50.7 Å². The number of methoxy groups -OCH3 is 1. The van der Waals surface area contributed by atoms with E-state index in [-0.39, 0.29) is 39.8 Å². The Kier molecular flexibility index (Phi) is 10.8. The Morgan fingerprint density at radius 2 is 1.62 bits per heavy atom. The van der Waals surface area contributed by atoms with Gasteiger partial charge in [-0.05, 0) is 62.2 Å². The minimum Gasteiger partial charge on any atom is -0.495 e.